The summed E-state index contributed by atoms with van der Waals surface area (Å²) < 4.78 is 7.61. The number of aromatic nitrogens is 3. The van der Waals surface area contributed by atoms with Crippen LogP contribution in [0.5, 0.6) is 0 Å². The highest BCUT2D eigenvalue weighted by Crippen LogP contribution is 2.40. The molecule has 2 aromatic rings. The fourth-order valence-corrected chi connectivity index (χ4v) is 2.56. The van der Waals surface area contributed by atoms with Crippen molar-refractivity contribution in [1.29, 1.82) is 0 Å². The van der Waals surface area contributed by atoms with Crippen LogP contribution in [0.4, 0.5) is 0 Å². The minimum absolute atomic E-state index is 0.615. The molecule has 2 aromatic heterocycles. The van der Waals surface area contributed by atoms with Gasteiger partial charge in [-0.3, -0.25) is 4.57 Å². The molecule has 0 spiro atoms. The molecular weight excluding hydrogens is 234 g/mol. The molecule has 1 saturated carbocycles. The SMILES string of the molecule is CCSc1nnc(C2CC2)n1Cc1ccco1. The van der Waals surface area contributed by atoms with Crippen LogP contribution in [0, 0.1) is 0 Å². The maximum atomic E-state index is 5.41. The molecule has 0 aromatic carbocycles. The molecule has 4 nitrogen and oxygen atoms in total. The van der Waals surface area contributed by atoms with Crippen molar-refractivity contribution in [3.05, 3.63) is 30.0 Å². The molecule has 0 unspecified atom stereocenters. The molecule has 0 amide bonds. The highest BCUT2D eigenvalue weighted by Gasteiger charge is 2.30. The highest BCUT2D eigenvalue weighted by molar-refractivity contribution is 7.99. The summed E-state index contributed by atoms with van der Waals surface area (Å²) >= 11 is 1.74. The summed E-state index contributed by atoms with van der Waals surface area (Å²) in [6.45, 7) is 2.88. The average Bonchev–Trinajstić information content (AvgIpc) is 2.90. The lowest BCUT2D eigenvalue weighted by molar-refractivity contribution is 0.478. The number of thioether (sulfide) groups is 1. The Balaban J connectivity index is 1.90. The Hall–Kier alpha value is -1.23. The van der Waals surface area contributed by atoms with E-state index in [1.54, 1.807) is 18.0 Å². The fraction of sp³-hybridized carbons (Fsp3) is 0.500. The zero-order chi connectivity index (χ0) is 11.7. The van der Waals surface area contributed by atoms with Crippen molar-refractivity contribution in [2.24, 2.45) is 0 Å². The third-order valence-corrected chi connectivity index (χ3v) is 3.70. The van der Waals surface area contributed by atoms with Crippen LogP contribution in [0.1, 0.15) is 37.3 Å². The quantitative estimate of drug-likeness (QED) is 0.764. The van der Waals surface area contributed by atoms with E-state index in [-0.39, 0.29) is 0 Å². The standard InChI is InChI=1S/C12H15N3OS/c1-2-17-12-14-13-11(9-5-6-9)15(12)8-10-4-3-7-16-10/h3-4,7,9H,2,5-6,8H2,1H3. The van der Waals surface area contributed by atoms with E-state index in [1.165, 1.54) is 12.8 Å². The molecule has 1 aliphatic rings. The summed E-state index contributed by atoms with van der Waals surface area (Å²) in [6.07, 6.45) is 4.20. The van der Waals surface area contributed by atoms with Gasteiger partial charge < -0.3 is 4.42 Å². The lowest BCUT2D eigenvalue weighted by Crippen LogP contribution is -2.05. The predicted molar refractivity (Wildman–Crippen MR) is 66.2 cm³/mol. The summed E-state index contributed by atoms with van der Waals surface area (Å²) in [4.78, 5) is 0. The second-order valence-corrected chi connectivity index (χ2v) is 5.44. The molecule has 5 heteroatoms. The molecule has 2 heterocycles. The van der Waals surface area contributed by atoms with E-state index in [9.17, 15) is 0 Å². The van der Waals surface area contributed by atoms with Crippen molar-refractivity contribution < 1.29 is 4.42 Å². The van der Waals surface area contributed by atoms with Crippen LogP contribution in [0.25, 0.3) is 0 Å². The summed E-state index contributed by atoms with van der Waals surface area (Å²) in [5.74, 6) is 3.71. The Morgan fingerprint density at radius 1 is 1.47 bits per heavy atom. The van der Waals surface area contributed by atoms with Gasteiger partial charge in [0.05, 0.1) is 12.8 Å². The first-order valence-corrected chi connectivity index (χ1v) is 6.95. The molecule has 0 bridgehead atoms. The van der Waals surface area contributed by atoms with Gasteiger partial charge in [-0.25, -0.2) is 0 Å². The molecule has 0 N–H and O–H groups in total. The predicted octanol–water partition coefficient (Wildman–Crippen LogP) is 2.91. The third kappa shape index (κ3) is 2.24. The molecule has 0 saturated heterocycles. The van der Waals surface area contributed by atoms with Gasteiger partial charge in [0.2, 0.25) is 0 Å². The molecular formula is C12H15N3OS. The number of nitrogens with zero attached hydrogens (tertiary/aromatic N) is 3. The molecule has 0 aliphatic heterocycles. The smallest absolute Gasteiger partial charge is 0.191 e. The van der Waals surface area contributed by atoms with Crippen molar-refractivity contribution in [3.63, 3.8) is 0 Å². The first kappa shape index (κ1) is 10.9. The van der Waals surface area contributed by atoms with Crippen LogP contribution in [0.2, 0.25) is 0 Å². The second-order valence-electron chi connectivity index (χ2n) is 4.21. The van der Waals surface area contributed by atoms with Gasteiger partial charge in [0.15, 0.2) is 5.16 Å². The van der Waals surface area contributed by atoms with Gasteiger partial charge in [-0.05, 0) is 30.7 Å². The van der Waals surface area contributed by atoms with E-state index in [2.05, 4.69) is 21.7 Å². The number of rotatable bonds is 5. The maximum absolute atomic E-state index is 5.41. The second kappa shape index (κ2) is 4.56. The van der Waals surface area contributed by atoms with Gasteiger partial charge in [-0.2, -0.15) is 0 Å². The summed E-state index contributed by atoms with van der Waals surface area (Å²) in [5.41, 5.74) is 0. The molecule has 0 radical (unpaired) electrons. The largest absolute Gasteiger partial charge is 0.467 e. The molecule has 1 aliphatic carbocycles. The van der Waals surface area contributed by atoms with Crippen molar-refractivity contribution in [2.75, 3.05) is 5.75 Å². The molecule has 17 heavy (non-hydrogen) atoms. The Labute approximate surface area is 104 Å². The monoisotopic (exact) mass is 249 g/mol. The zero-order valence-electron chi connectivity index (χ0n) is 9.80. The lowest BCUT2D eigenvalue weighted by atomic mass is 10.3. The van der Waals surface area contributed by atoms with Crippen LogP contribution in [0.15, 0.2) is 28.0 Å². The number of hydrogen-bond donors (Lipinski definition) is 0. The van der Waals surface area contributed by atoms with E-state index >= 15 is 0 Å². The topological polar surface area (TPSA) is 43.9 Å². The van der Waals surface area contributed by atoms with E-state index < -0.39 is 0 Å². The Kier molecular flexibility index (Phi) is 2.93. The first-order chi connectivity index (χ1) is 8.38. The van der Waals surface area contributed by atoms with Gasteiger partial charge in [0.25, 0.3) is 0 Å². The summed E-state index contributed by atoms with van der Waals surface area (Å²) in [7, 11) is 0. The van der Waals surface area contributed by atoms with Crippen LogP contribution in [-0.2, 0) is 6.54 Å². The van der Waals surface area contributed by atoms with E-state index in [0.717, 1.165) is 29.0 Å². The lowest BCUT2D eigenvalue weighted by Gasteiger charge is -2.07. The van der Waals surface area contributed by atoms with Gasteiger partial charge in [-0.15, -0.1) is 10.2 Å². The van der Waals surface area contributed by atoms with Crippen LogP contribution >= 0.6 is 11.8 Å². The van der Waals surface area contributed by atoms with Crippen molar-refractivity contribution in [2.45, 2.75) is 37.4 Å². The van der Waals surface area contributed by atoms with Crippen LogP contribution in [0.3, 0.4) is 0 Å². The number of hydrogen-bond acceptors (Lipinski definition) is 4. The molecule has 90 valence electrons. The Morgan fingerprint density at radius 2 is 2.35 bits per heavy atom. The summed E-state index contributed by atoms with van der Waals surface area (Å²) in [5, 5.41) is 9.62. The van der Waals surface area contributed by atoms with Gasteiger partial charge in [0.1, 0.15) is 11.6 Å². The van der Waals surface area contributed by atoms with Gasteiger partial charge >= 0.3 is 0 Å². The van der Waals surface area contributed by atoms with Crippen molar-refractivity contribution in [1.82, 2.24) is 14.8 Å². The van der Waals surface area contributed by atoms with E-state index in [1.807, 2.05) is 12.1 Å². The van der Waals surface area contributed by atoms with E-state index in [0.29, 0.717) is 5.92 Å². The molecule has 1 fully saturated rings. The fourth-order valence-electron chi connectivity index (χ4n) is 1.89. The molecule has 0 atom stereocenters. The molecule has 3 rings (SSSR count). The Bertz CT molecular complexity index is 488. The number of furan rings is 1. The van der Waals surface area contributed by atoms with Crippen molar-refractivity contribution >= 4 is 11.8 Å². The summed E-state index contributed by atoms with van der Waals surface area (Å²) in [6, 6.07) is 3.92. The van der Waals surface area contributed by atoms with Gasteiger partial charge in [0, 0.05) is 5.92 Å². The minimum Gasteiger partial charge on any atom is -0.467 e. The Morgan fingerprint density at radius 3 is 3.00 bits per heavy atom. The van der Waals surface area contributed by atoms with Crippen LogP contribution < -0.4 is 0 Å². The van der Waals surface area contributed by atoms with Crippen LogP contribution in [-0.4, -0.2) is 20.5 Å². The van der Waals surface area contributed by atoms with E-state index in [4.69, 9.17) is 4.42 Å². The highest BCUT2D eigenvalue weighted by atomic mass is 32.2. The first-order valence-electron chi connectivity index (χ1n) is 5.96. The normalized spacial score (nSPS) is 15.4. The average molecular weight is 249 g/mol. The van der Waals surface area contributed by atoms with Gasteiger partial charge in [-0.1, -0.05) is 18.7 Å². The maximum Gasteiger partial charge on any atom is 0.191 e. The minimum atomic E-state index is 0.615. The third-order valence-electron chi connectivity index (χ3n) is 2.86. The zero-order valence-corrected chi connectivity index (χ0v) is 10.6. The van der Waals surface area contributed by atoms with Crippen molar-refractivity contribution in [3.8, 4) is 0 Å².